The maximum atomic E-state index is 11.2. The van der Waals surface area contributed by atoms with Gasteiger partial charge in [-0.15, -0.1) is 4.91 Å². The van der Waals surface area contributed by atoms with Gasteiger partial charge in [0, 0.05) is 19.0 Å². The summed E-state index contributed by atoms with van der Waals surface area (Å²) in [7, 11) is 0. The van der Waals surface area contributed by atoms with Crippen LogP contribution in [0.5, 0.6) is 0 Å². The number of nitroso groups, excluding NO2 is 1. The summed E-state index contributed by atoms with van der Waals surface area (Å²) in [6, 6.07) is 0.137. The van der Waals surface area contributed by atoms with Gasteiger partial charge in [0.2, 0.25) is 5.91 Å². The highest BCUT2D eigenvalue weighted by atomic mass is 16.3. The van der Waals surface area contributed by atoms with Crippen LogP contribution in [0.4, 0.5) is 0 Å². The van der Waals surface area contributed by atoms with Crippen molar-refractivity contribution < 1.29 is 4.79 Å². The molecule has 1 fully saturated rings. The van der Waals surface area contributed by atoms with Crippen molar-refractivity contribution in [3.63, 3.8) is 0 Å². The van der Waals surface area contributed by atoms with Gasteiger partial charge in [-0.2, -0.15) is 0 Å². The molecular weight excluding hydrogens is 170 g/mol. The molecule has 1 heterocycles. The Kier molecular flexibility index (Phi) is 2.85. The molecule has 2 atom stereocenters. The molecule has 0 bridgehead atoms. The summed E-state index contributed by atoms with van der Waals surface area (Å²) >= 11 is 0. The molecule has 5 nitrogen and oxygen atoms in total. The van der Waals surface area contributed by atoms with Crippen molar-refractivity contribution in [1.82, 2.24) is 9.91 Å². The Morgan fingerprint density at radius 2 is 1.77 bits per heavy atom. The Balaban J connectivity index is 2.69. The summed E-state index contributed by atoms with van der Waals surface area (Å²) in [5.41, 5.74) is 0. The summed E-state index contributed by atoms with van der Waals surface area (Å²) in [6.45, 7) is 6.47. The summed E-state index contributed by atoms with van der Waals surface area (Å²) in [5.74, 6) is 0.0607. The number of carbonyl (C=O) groups is 1. The van der Waals surface area contributed by atoms with Crippen LogP contribution in [0.15, 0.2) is 5.29 Å². The van der Waals surface area contributed by atoms with Gasteiger partial charge >= 0.3 is 0 Å². The number of nitrogens with zero attached hydrogens (tertiary/aromatic N) is 3. The first-order valence-corrected chi connectivity index (χ1v) is 4.43. The lowest BCUT2D eigenvalue weighted by atomic mass is 10.1. The molecule has 5 heteroatoms. The molecule has 74 valence electrons. The number of carbonyl (C=O) groups excluding carboxylic acids is 1. The zero-order valence-electron chi connectivity index (χ0n) is 8.23. The minimum absolute atomic E-state index is 0.0607. The third-order valence-corrected chi connectivity index (χ3v) is 2.38. The van der Waals surface area contributed by atoms with Crippen molar-refractivity contribution in [2.24, 2.45) is 5.29 Å². The molecule has 1 saturated heterocycles. The molecule has 0 radical (unpaired) electrons. The van der Waals surface area contributed by atoms with E-state index in [0.717, 1.165) is 0 Å². The van der Waals surface area contributed by atoms with Crippen molar-refractivity contribution in [2.45, 2.75) is 32.9 Å². The normalized spacial score (nSPS) is 28.8. The fourth-order valence-electron chi connectivity index (χ4n) is 1.98. The number of hydrogen-bond donors (Lipinski definition) is 0. The van der Waals surface area contributed by atoms with E-state index in [2.05, 4.69) is 5.29 Å². The summed E-state index contributed by atoms with van der Waals surface area (Å²) in [4.78, 5) is 23.3. The highest BCUT2D eigenvalue weighted by molar-refractivity contribution is 5.74. The highest BCUT2D eigenvalue weighted by Crippen LogP contribution is 2.15. The zero-order valence-corrected chi connectivity index (χ0v) is 8.23. The predicted octanol–water partition coefficient (Wildman–Crippen LogP) is 0.609. The second kappa shape index (κ2) is 3.72. The summed E-state index contributed by atoms with van der Waals surface area (Å²) < 4.78 is 0. The molecule has 0 aliphatic carbocycles. The molecule has 1 rings (SSSR count). The fourth-order valence-corrected chi connectivity index (χ4v) is 1.98. The SMILES string of the molecule is CC(=O)N1[C@H](C)CN(N=O)C[C@H]1C. The first kappa shape index (κ1) is 9.95. The predicted molar refractivity (Wildman–Crippen MR) is 48.8 cm³/mol. The standard InChI is InChI=1S/C8H15N3O2/c1-6-4-10(9-13)5-7(2)11(6)8(3)12/h6-7H,4-5H2,1-3H3/t6-,7-/m1/s1. The van der Waals surface area contributed by atoms with E-state index in [-0.39, 0.29) is 18.0 Å². The maximum Gasteiger partial charge on any atom is 0.220 e. The minimum atomic E-state index is 0.0607. The zero-order chi connectivity index (χ0) is 10.0. The summed E-state index contributed by atoms with van der Waals surface area (Å²) in [5, 5.41) is 4.35. The van der Waals surface area contributed by atoms with Gasteiger partial charge in [-0.05, 0) is 13.8 Å². The lowest BCUT2D eigenvalue weighted by molar-refractivity contribution is -0.136. The molecule has 13 heavy (non-hydrogen) atoms. The van der Waals surface area contributed by atoms with E-state index < -0.39 is 0 Å². The minimum Gasteiger partial charge on any atom is -0.334 e. The molecule has 1 aliphatic heterocycles. The lowest BCUT2D eigenvalue weighted by Crippen LogP contribution is -2.56. The van der Waals surface area contributed by atoms with Crippen molar-refractivity contribution in [2.75, 3.05) is 13.1 Å². The van der Waals surface area contributed by atoms with Crippen molar-refractivity contribution in [1.29, 1.82) is 0 Å². The van der Waals surface area contributed by atoms with Gasteiger partial charge in [-0.1, -0.05) is 0 Å². The van der Waals surface area contributed by atoms with Crippen LogP contribution in [-0.2, 0) is 4.79 Å². The molecule has 0 N–H and O–H groups in total. The quantitative estimate of drug-likeness (QED) is 0.562. The van der Waals surface area contributed by atoms with Crippen LogP contribution in [0.1, 0.15) is 20.8 Å². The first-order chi connectivity index (χ1) is 6.06. The molecule has 0 aromatic rings. The van der Waals surface area contributed by atoms with Gasteiger partial charge in [-0.25, -0.2) is 0 Å². The van der Waals surface area contributed by atoms with Gasteiger partial charge in [0.25, 0.3) is 0 Å². The van der Waals surface area contributed by atoms with E-state index in [1.807, 2.05) is 13.8 Å². The van der Waals surface area contributed by atoms with Gasteiger partial charge in [0.05, 0.1) is 18.4 Å². The Labute approximate surface area is 77.6 Å². The summed E-state index contributed by atoms with van der Waals surface area (Å²) in [6.07, 6.45) is 0. The van der Waals surface area contributed by atoms with Gasteiger partial charge in [-0.3, -0.25) is 9.80 Å². The number of rotatable bonds is 1. The van der Waals surface area contributed by atoms with Crippen molar-refractivity contribution in [3.05, 3.63) is 4.91 Å². The molecular formula is C8H15N3O2. The fraction of sp³-hybridized carbons (Fsp3) is 0.875. The molecule has 0 unspecified atom stereocenters. The van der Waals surface area contributed by atoms with E-state index in [0.29, 0.717) is 13.1 Å². The molecule has 1 aliphatic rings. The Morgan fingerprint density at radius 1 is 1.31 bits per heavy atom. The monoisotopic (exact) mass is 185 g/mol. The van der Waals surface area contributed by atoms with Crippen molar-refractivity contribution in [3.8, 4) is 0 Å². The van der Waals surface area contributed by atoms with Crippen LogP contribution < -0.4 is 0 Å². The van der Waals surface area contributed by atoms with Crippen LogP contribution in [0.3, 0.4) is 0 Å². The molecule has 1 amide bonds. The van der Waals surface area contributed by atoms with E-state index >= 15 is 0 Å². The van der Waals surface area contributed by atoms with E-state index in [9.17, 15) is 9.70 Å². The smallest absolute Gasteiger partial charge is 0.220 e. The van der Waals surface area contributed by atoms with E-state index in [4.69, 9.17) is 0 Å². The van der Waals surface area contributed by atoms with E-state index in [1.165, 1.54) is 5.01 Å². The molecule has 0 aromatic heterocycles. The van der Waals surface area contributed by atoms with Crippen molar-refractivity contribution >= 4 is 5.91 Å². The highest BCUT2D eigenvalue weighted by Gasteiger charge is 2.30. The van der Waals surface area contributed by atoms with Crippen LogP contribution in [0.2, 0.25) is 0 Å². The average molecular weight is 185 g/mol. The number of piperazine rings is 1. The third-order valence-electron chi connectivity index (χ3n) is 2.38. The van der Waals surface area contributed by atoms with Gasteiger partial charge in [0.1, 0.15) is 0 Å². The lowest BCUT2D eigenvalue weighted by Gasteiger charge is -2.41. The van der Waals surface area contributed by atoms with Crippen LogP contribution in [0.25, 0.3) is 0 Å². The topological polar surface area (TPSA) is 53.0 Å². The largest absolute Gasteiger partial charge is 0.334 e. The van der Waals surface area contributed by atoms with Gasteiger partial charge in [0.15, 0.2) is 0 Å². The first-order valence-electron chi connectivity index (χ1n) is 4.43. The molecule has 0 aromatic carbocycles. The second-order valence-corrected chi connectivity index (χ2v) is 3.58. The maximum absolute atomic E-state index is 11.2. The van der Waals surface area contributed by atoms with Crippen LogP contribution in [-0.4, -0.2) is 41.0 Å². The number of hydrogen-bond acceptors (Lipinski definition) is 3. The Hall–Kier alpha value is -1.13. The third kappa shape index (κ3) is 1.96. The van der Waals surface area contributed by atoms with Gasteiger partial charge < -0.3 is 4.90 Å². The Morgan fingerprint density at radius 3 is 2.08 bits per heavy atom. The second-order valence-electron chi connectivity index (χ2n) is 3.58. The molecule has 0 saturated carbocycles. The Bertz CT molecular complexity index is 207. The van der Waals surface area contributed by atoms with Crippen LogP contribution in [0, 0.1) is 4.91 Å². The van der Waals surface area contributed by atoms with E-state index in [1.54, 1.807) is 11.8 Å². The number of amides is 1. The molecule has 0 spiro atoms. The van der Waals surface area contributed by atoms with Crippen LogP contribution >= 0.6 is 0 Å². The average Bonchev–Trinajstić information content (AvgIpc) is 2.02.